The average Bonchev–Trinajstić information content (AvgIpc) is 1.19. The molecule has 0 aromatic heterocycles. The zero-order valence-corrected chi connectivity index (χ0v) is 5.88. The van der Waals surface area contributed by atoms with Crippen LogP contribution in [0.4, 0.5) is 26.3 Å². The molecule has 0 spiro atoms. The minimum atomic E-state index is -4.03. The van der Waals surface area contributed by atoms with Crippen LogP contribution in [-0.4, -0.2) is 10.9 Å². The van der Waals surface area contributed by atoms with E-state index in [2.05, 4.69) is 0 Å². The molecule has 0 aromatic rings. The molecule has 7 heteroatoms. The van der Waals surface area contributed by atoms with E-state index in [1.54, 1.807) is 0 Å². The van der Waals surface area contributed by atoms with Crippen molar-refractivity contribution in [1.82, 2.24) is 0 Å². The van der Waals surface area contributed by atoms with Gasteiger partial charge in [-0.25, -0.2) is 0 Å². The van der Waals surface area contributed by atoms with Gasteiger partial charge in [-0.05, 0) is 0 Å². The van der Waals surface area contributed by atoms with Crippen molar-refractivity contribution in [1.29, 1.82) is 0 Å². The largest absolute Gasteiger partial charge is 0.441 e. The van der Waals surface area contributed by atoms with Gasteiger partial charge < -0.3 is 0 Å². The summed E-state index contributed by atoms with van der Waals surface area (Å²) in [6.45, 7) is -3.67. The van der Waals surface area contributed by atoms with E-state index in [1.807, 2.05) is 0 Å². The number of alkyl halides is 7. The summed E-state index contributed by atoms with van der Waals surface area (Å²) in [6.07, 6.45) is 0. The van der Waals surface area contributed by atoms with E-state index in [9.17, 15) is 26.3 Å². The van der Waals surface area contributed by atoms with Crippen LogP contribution >= 0.6 is 22.6 Å². The molecule has 0 heterocycles. The van der Waals surface area contributed by atoms with E-state index in [4.69, 9.17) is 0 Å². The summed E-state index contributed by atoms with van der Waals surface area (Å²) in [5.74, 6) is 0. The first-order valence-electron chi connectivity index (χ1n) is 1.41. The third-order valence-electron chi connectivity index (χ3n) is 0. The minimum absolute atomic E-state index is 0.378. The second kappa shape index (κ2) is 5.12. The summed E-state index contributed by atoms with van der Waals surface area (Å²) in [5.41, 5.74) is 0. The second-order valence-corrected chi connectivity index (χ2v) is 1.90. The third-order valence-corrected chi connectivity index (χ3v) is 0. The fraction of sp³-hybridized carbons (Fsp3) is 1.00. The molecular weight excluding hydrogens is 265 g/mol. The number of rotatable bonds is 0. The molecule has 0 rings (SSSR count). The highest BCUT2D eigenvalue weighted by atomic mass is 127. The van der Waals surface area contributed by atoms with Crippen molar-refractivity contribution in [3.05, 3.63) is 0 Å². The van der Waals surface area contributed by atoms with Crippen molar-refractivity contribution in [2.24, 2.45) is 0 Å². The number of halogens is 7. The molecule has 0 atom stereocenters. The fourth-order valence-corrected chi connectivity index (χ4v) is 0. The molecule has 0 N–H and O–H groups in total. The Balaban J connectivity index is 0. The zero-order chi connectivity index (χ0) is 8.08. The molecule has 0 unspecified atom stereocenters. The molecule has 0 fully saturated rings. The van der Waals surface area contributed by atoms with E-state index in [0.29, 0.717) is 22.6 Å². The molecule has 0 saturated heterocycles. The lowest BCUT2D eigenvalue weighted by Gasteiger charge is -1.85. The summed E-state index contributed by atoms with van der Waals surface area (Å²) < 4.78 is 56.0. The van der Waals surface area contributed by atoms with Crippen LogP contribution in [0, 0.1) is 0 Å². The Kier molecular flexibility index (Phi) is 6.85. The average molecular weight is 266 g/mol. The molecule has 0 nitrogen and oxygen atoms in total. The van der Waals surface area contributed by atoms with Crippen molar-refractivity contribution in [3.63, 3.8) is 0 Å². The maximum Gasteiger partial charge on any atom is 0.441 e. The Hall–Kier alpha value is 0.310. The first kappa shape index (κ1) is 12.0. The molecule has 0 aliphatic carbocycles. The van der Waals surface area contributed by atoms with Crippen molar-refractivity contribution in [3.8, 4) is 0 Å². The molecule has 0 aliphatic rings. The highest BCUT2D eigenvalue weighted by molar-refractivity contribution is 14.1. The predicted octanol–water partition coefficient (Wildman–Crippen LogP) is 3.12. The maximum atomic E-state index is 10.3. The standard InChI is InChI=1S/CF3I.CHF3/c2-1(3,4)5;2-1(3)4/h;1H. The Morgan fingerprint density at radius 1 is 1.00 bits per heavy atom. The van der Waals surface area contributed by atoms with Gasteiger partial charge >= 0.3 is 10.9 Å². The van der Waals surface area contributed by atoms with Gasteiger partial charge in [-0.2, -0.15) is 26.3 Å². The zero-order valence-electron chi connectivity index (χ0n) is 3.72. The number of hydrogen-bond acceptors (Lipinski definition) is 0. The smallest absolute Gasteiger partial charge is 0.174 e. The molecule has 0 aliphatic heterocycles. The van der Waals surface area contributed by atoms with E-state index < -0.39 is 10.9 Å². The molecule has 0 radical (unpaired) electrons. The van der Waals surface area contributed by atoms with Crippen LogP contribution in [0.1, 0.15) is 0 Å². The fourth-order valence-electron chi connectivity index (χ4n) is 0. The molecule has 9 heavy (non-hydrogen) atoms. The lowest BCUT2D eigenvalue weighted by atomic mass is 11.6. The van der Waals surface area contributed by atoms with Gasteiger partial charge in [0.2, 0.25) is 0 Å². The van der Waals surface area contributed by atoms with Crippen LogP contribution in [0.15, 0.2) is 0 Å². The van der Waals surface area contributed by atoms with Gasteiger partial charge in [-0.3, -0.25) is 0 Å². The molecule has 0 bridgehead atoms. The van der Waals surface area contributed by atoms with Crippen molar-refractivity contribution < 1.29 is 26.3 Å². The summed E-state index contributed by atoms with van der Waals surface area (Å²) in [7, 11) is 0. The summed E-state index contributed by atoms with van der Waals surface area (Å²) in [5, 5.41) is 0. The predicted molar refractivity (Wildman–Crippen MR) is 27.2 cm³/mol. The lowest BCUT2D eigenvalue weighted by Crippen LogP contribution is -1.87. The first-order chi connectivity index (χ1) is 3.73. The van der Waals surface area contributed by atoms with Crippen molar-refractivity contribution in [2.75, 3.05) is 0 Å². The Morgan fingerprint density at radius 2 is 1.00 bits per heavy atom. The van der Waals surface area contributed by atoms with Gasteiger partial charge in [0, 0.05) is 22.6 Å². The lowest BCUT2D eigenvalue weighted by molar-refractivity contribution is -0.0125. The molecule has 58 valence electrons. The van der Waals surface area contributed by atoms with E-state index in [-0.39, 0.29) is 0 Å². The van der Waals surface area contributed by atoms with Crippen LogP contribution < -0.4 is 0 Å². The number of hydrogen-bond donors (Lipinski definition) is 0. The SMILES string of the molecule is FC(F)(F)I.FC(F)F. The first-order valence-corrected chi connectivity index (χ1v) is 2.49. The molecule has 0 saturated carbocycles. The minimum Gasteiger partial charge on any atom is -0.174 e. The third kappa shape index (κ3) is 3440. The van der Waals surface area contributed by atoms with Crippen molar-refractivity contribution >= 4 is 22.6 Å². The van der Waals surface area contributed by atoms with Crippen LogP contribution in [0.2, 0.25) is 0 Å². The van der Waals surface area contributed by atoms with E-state index in [0.717, 1.165) is 0 Å². The van der Waals surface area contributed by atoms with Gasteiger partial charge in [0.1, 0.15) is 0 Å². The quantitative estimate of drug-likeness (QED) is 0.359. The van der Waals surface area contributed by atoms with Gasteiger partial charge in [-0.1, -0.05) is 0 Å². The molecule has 0 aromatic carbocycles. The second-order valence-electron chi connectivity index (χ2n) is 0.676. The molecule has 0 amide bonds. The Labute approximate surface area is 60.4 Å². The summed E-state index contributed by atoms with van der Waals surface area (Å²) >= 11 is 0.378. The van der Waals surface area contributed by atoms with Crippen LogP contribution in [0.5, 0.6) is 0 Å². The monoisotopic (exact) mass is 266 g/mol. The topological polar surface area (TPSA) is 0 Å². The van der Waals surface area contributed by atoms with Crippen LogP contribution in [0.25, 0.3) is 0 Å². The Bertz CT molecular complexity index is 47.8. The summed E-state index contributed by atoms with van der Waals surface area (Å²) in [4.78, 5) is 0. The van der Waals surface area contributed by atoms with Gasteiger partial charge in [0.25, 0.3) is 0 Å². The Morgan fingerprint density at radius 3 is 1.00 bits per heavy atom. The van der Waals surface area contributed by atoms with E-state index in [1.165, 1.54) is 0 Å². The highest BCUT2D eigenvalue weighted by Crippen LogP contribution is 2.22. The molecular formula is C2HF6I. The maximum absolute atomic E-state index is 10.3. The van der Waals surface area contributed by atoms with Crippen LogP contribution in [-0.2, 0) is 0 Å². The highest BCUT2D eigenvalue weighted by Gasteiger charge is 2.19. The van der Waals surface area contributed by atoms with Gasteiger partial charge in [0.15, 0.2) is 0 Å². The summed E-state index contributed by atoms with van der Waals surface area (Å²) in [6, 6.07) is 0. The van der Waals surface area contributed by atoms with Gasteiger partial charge in [-0.15, -0.1) is 0 Å². The van der Waals surface area contributed by atoms with Crippen molar-refractivity contribution in [2.45, 2.75) is 10.9 Å². The van der Waals surface area contributed by atoms with Gasteiger partial charge in [0.05, 0.1) is 0 Å². The van der Waals surface area contributed by atoms with Crippen LogP contribution in [0.3, 0.4) is 0 Å². The normalized spacial score (nSPS) is 10.7. The van der Waals surface area contributed by atoms with E-state index >= 15 is 0 Å².